The van der Waals surface area contributed by atoms with Crippen LogP contribution < -0.4 is 10.2 Å². The summed E-state index contributed by atoms with van der Waals surface area (Å²) in [5.74, 6) is 0.0315. The number of hydrogen-bond acceptors (Lipinski definition) is 5. The highest BCUT2D eigenvalue weighted by Gasteiger charge is 2.27. The van der Waals surface area contributed by atoms with Crippen LogP contribution in [0.1, 0.15) is 22.5 Å². The van der Waals surface area contributed by atoms with Gasteiger partial charge in [-0.2, -0.15) is 0 Å². The van der Waals surface area contributed by atoms with E-state index >= 15 is 0 Å². The van der Waals surface area contributed by atoms with Crippen molar-refractivity contribution in [3.8, 4) is 0 Å². The summed E-state index contributed by atoms with van der Waals surface area (Å²) in [5, 5.41) is 3.63. The number of nitrogens with one attached hydrogen (secondary N) is 1. The van der Waals surface area contributed by atoms with Crippen LogP contribution >= 0.6 is 22.9 Å². The Labute approximate surface area is 114 Å². The Morgan fingerprint density at radius 1 is 1.67 bits per heavy atom. The molecule has 1 N–H and O–H groups in total. The molecule has 1 amide bonds. The van der Waals surface area contributed by atoms with Gasteiger partial charge in [0.1, 0.15) is 4.88 Å². The van der Waals surface area contributed by atoms with Gasteiger partial charge in [-0.15, -0.1) is 0 Å². The minimum atomic E-state index is -0.0221. The van der Waals surface area contributed by atoms with E-state index in [1.54, 1.807) is 7.05 Å². The Morgan fingerprint density at radius 3 is 3.06 bits per heavy atom. The number of aldehydes is 1. The lowest BCUT2D eigenvalue weighted by molar-refractivity contribution is -0.124. The van der Waals surface area contributed by atoms with Crippen molar-refractivity contribution >= 4 is 40.3 Å². The van der Waals surface area contributed by atoms with Crippen molar-refractivity contribution in [3.05, 3.63) is 10.0 Å². The lowest BCUT2D eigenvalue weighted by Gasteiger charge is -2.31. The number of amides is 1. The normalized spacial score (nSPS) is 19.7. The fourth-order valence-corrected chi connectivity index (χ4v) is 3.18. The molecule has 1 aliphatic rings. The van der Waals surface area contributed by atoms with Gasteiger partial charge in [-0.25, -0.2) is 4.98 Å². The molecule has 0 aromatic carbocycles. The van der Waals surface area contributed by atoms with E-state index in [1.165, 1.54) is 11.3 Å². The van der Waals surface area contributed by atoms with Gasteiger partial charge in [0.25, 0.3) is 0 Å². The Balaban J connectivity index is 2.12. The molecule has 1 aromatic heterocycles. The summed E-state index contributed by atoms with van der Waals surface area (Å²) in [4.78, 5) is 29.0. The number of thiazole rings is 1. The van der Waals surface area contributed by atoms with Crippen LogP contribution in [-0.2, 0) is 4.79 Å². The molecule has 1 unspecified atom stereocenters. The number of halogens is 1. The summed E-state index contributed by atoms with van der Waals surface area (Å²) in [6, 6.07) is 0. The second-order valence-electron chi connectivity index (χ2n) is 4.17. The van der Waals surface area contributed by atoms with Gasteiger partial charge in [0, 0.05) is 20.1 Å². The van der Waals surface area contributed by atoms with Crippen LogP contribution in [0.4, 0.5) is 5.13 Å². The standard InChI is InChI=1S/C11H14ClN3O2S/c1-13-10(17)7-3-2-4-15(5-7)11-14-9(12)8(6-16)18-11/h6-7H,2-5H2,1H3,(H,13,17). The molecule has 1 aromatic rings. The number of carbonyl (C=O) groups is 2. The van der Waals surface area contributed by atoms with Gasteiger partial charge >= 0.3 is 0 Å². The molecule has 0 bridgehead atoms. The van der Waals surface area contributed by atoms with Crippen LogP contribution in [0.25, 0.3) is 0 Å². The number of carbonyl (C=O) groups excluding carboxylic acids is 2. The topological polar surface area (TPSA) is 62.3 Å². The maximum Gasteiger partial charge on any atom is 0.224 e. The average Bonchev–Trinajstić information content (AvgIpc) is 2.79. The summed E-state index contributed by atoms with van der Waals surface area (Å²) >= 11 is 7.12. The molecular formula is C11H14ClN3O2S. The van der Waals surface area contributed by atoms with E-state index < -0.39 is 0 Å². The van der Waals surface area contributed by atoms with E-state index in [-0.39, 0.29) is 17.0 Å². The van der Waals surface area contributed by atoms with Gasteiger partial charge in [-0.1, -0.05) is 22.9 Å². The van der Waals surface area contributed by atoms with E-state index in [0.717, 1.165) is 24.5 Å². The molecule has 0 saturated carbocycles. The van der Waals surface area contributed by atoms with Crippen LogP contribution in [0.15, 0.2) is 0 Å². The van der Waals surface area contributed by atoms with Crippen LogP contribution in [0.5, 0.6) is 0 Å². The predicted molar refractivity (Wildman–Crippen MR) is 71.5 cm³/mol. The lowest BCUT2D eigenvalue weighted by Crippen LogP contribution is -2.42. The fraction of sp³-hybridized carbons (Fsp3) is 0.545. The van der Waals surface area contributed by atoms with Crippen LogP contribution in [0, 0.1) is 5.92 Å². The summed E-state index contributed by atoms with van der Waals surface area (Å²) in [7, 11) is 1.64. The first-order chi connectivity index (χ1) is 8.65. The maximum absolute atomic E-state index is 11.6. The van der Waals surface area contributed by atoms with Gasteiger partial charge < -0.3 is 10.2 Å². The molecule has 2 heterocycles. The first-order valence-electron chi connectivity index (χ1n) is 5.73. The zero-order valence-electron chi connectivity index (χ0n) is 9.98. The predicted octanol–water partition coefficient (Wildman–Crippen LogP) is 1.57. The first kappa shape index (κ1) is 13.3. The van der Waals surface area contributed by atoms with Gasteiger partial charge in [0.15, 0.2) is 16.6 Å². The van der Waals surface area contributed by atoms with E-state index in [0.29, 0.717) is 17.7 Å². The third kappa shape index (κ3) is 2.64. The molecule has 1 atom stereocenters. The number of hydrogen-bond donors (Lipinski definition) is 1. The number of anilines is 1. The van der Waals surface area contributed by atoms with E-state index in [4.69, 9.17) is 11.6 Å². The third-order valence-corrected chi connectivity index (χ3v) is 4.46. The van der Waals surface area contributed by atoms with Crippen LogP contribution in [-0.4, -0.2) is 37.3 Å². The smallest absolute Gasteiger partial charge is 0.224 e. The zero-order valence-corrected chi connectivity index (χ0v) is 11.6. The molecule has 98 valence electrons. The van der Waals surface area contributed by atoms with Gasteiger partial charge in [-0.05, 0) is 12.8 Å². The molecule has 0 radical (unpaired) electrons. The molecule has 5 nitrogen and oxygen atoms in total. The van der Waals surface area contributed by atoms with E-state index in [2.05, 4.69) is 10.3 Å². The van der Waals surface area contributed by atoms with Crippen molar-refractivity contribution in [2.24, 2.45) is 5.92 Å². The molecular weight excluding hydrogens is 274 g/mol. The van der Waals surface area contributed by atoms with Crippen molar-refractivity contribution in [2.75, 3.05) is 25.0 Å². The summed E-state index contributed by atoms with van der Waals surface area (Å²) in [5.41, 5.74) is 0. The number of nitrogens with zero attached hydrogens (tertiary/aromatic N) is 2. The van der Waals surface area contributed by atoms with Crippen molar-refractivity contribution in [3.63, 3.8) is 0 Å². The Hall–Kier alpha value is -1.14. The number of piperidine rings is 1. The summed E-state index contributed by atoms with van der Waals surface area (Å²) < 4.78 is 0. The molecule has 7 heteroatoms. The molecule has 0 spiro atoms. The molecule has 1 aliphatic heterocycles. The first-order valence-corrected chi connectivity index (χ1v) is 6.93. The Morgan fingerprint density at radius 2 is 2.44 bits per heavy atom. The van der Waals surface area contributed by atoms with Gasteiger partial charge in [0.2, 0.25) is 5.91 Å². The van der Waals surface area contributed by atoms with Crippen molar-refractivity contribution in [1.82, 2.24) is 10.3 Å². The molecule has 0 aliphatic carbocycles. The number of rotatable bonds is 3. The summed E-state index contributed by atoms with van der Waals surface area (Å²) in [6.07, 6.45) is 2.53. The molecule has 2 rings (SSSR count). The largest absolute Gasteiger partial charge is 0.359 e. The second kappa shape index (κ2) is 5.67. The Kier molecular flexibility index (Phi) is 4.19. The lowest BCUT2D eigenvalue weighted by atomic mass is 9.98. The molecule has 1 fully saturated rings. The molecule has 1 saturated heterocycles. The maximum atomic E-state index is 11.6. The Bertz CT molecular complexity index is 463. The highest BCUT2D eigenvalue weighted by Crippen LogP contribution is 2.31. The number of aromatic nitrogens is 1. The van der Waals surface area contributed by atoms with Crippen LogP contribution in [0.2, 0.25) is 5.15 Å². The molecule has 18 heavy (non-hydrogen) atoms. The van der Waals surface area contributed by atoms with E-state index in [9.17, 15) is 9.59 Å². The highest BCUT2D eigenvalue weighted by atomic mass is 35.5. The van der Waals surface area contributed by atoms with Gasteiger partial charge in [0.05, 0.1) is 5.92 Å². The second-order valence-corrected chi connectivity index (χ2v) is 5.54. The monoisotopic (exact) mass is 287 g/mol. The minimum Gasteiger partial charge on any atom is -0.359 e. The zero-order chi connectivity index (χ0) is 13.1. The minimum absolute atomic E-state index is 0.0221. The quantitative estimate of drug-likeness (QED) is 0.857. The average molecular weight is 288 g/mol. The van der Waals surface area contributed by atoms with Gasteiger partial charge in [-0.3, -0.25) is 9.59 Å². The van der Waals surface area contributed by atoms with Crippen molar-refractivity contribution < 1.29 is 9.59 Å². The fourth-order valence-electron chi connectivity index (χ4n) is 2.08. The SMILES string of the molecule is CNC(=O)C1CCCN(c2nc(Cl)c(C=O)s2)C1. The van der Waals surface area contributed by atoms with E-state index in [1.807, 2.05) is 4.90 Å². The van der Waals surface area contributed by atoms with Crippen molar-refractivity contribution in [2.45, 2.75) is 12.8 Å². The third-order valence-electron chi connectivity index (χ3n) is 3.01. The summed E-state index contributed by atoms with van der Waals surface area (Å²) in [6.45, 7) is 1.47. The highest BCUT2D eigenvalue weighted by molar-refractivity contribution is 7.17. The van der Waals surface area contributed by atoms with Crippen LogP contribution in [0.3, 0.4) is 0 Å². The van der Waals surface area contributed by atoms with Crippen molar-refractivity contribution in [1.29, 1.82) is 0 Å².